The molecule has 0 saturated carbocycles. The predicted octanol–water partition coefficient (Wildman–Crippen LogP) is 4.15. The lowest BCUT2D eigenvalue weighted by atomic mass is 10.0. The number of esters is 3. The van der Waals surface area contributed by atoms with E-state index in [1.54, 1.807) is 45.1 Å². The molecule has 8 nitrogen and oxygen atoms in total. The summed E-state index contributed by atoms with van der Waals surface area (Å²) in [6.45, 7) is 11.4. The lowest BCUT2D eigenvalue weighted by molar-refractivity contribution is -0.167. The number of ether oxygens (including phenoxy) is 5. The standard InChI is InChI=1S/C27H34O8/c1-7-11-23(33-25(30)17-14-21-12-9-8-10-13-21)26-24(34-27(5,6)35-26)16-15-22(32-20(4)29)18(2)31-19(3)28/h7-10,12-18,22-24,26H,1,11H2,2-6H3/b16-15+,17-14+/t18-,22-,23+,24-,26-/m0/s1. The Morgan fingerprint density at radius 2 is 1.71 bits per heavy atom. The van der Waals surface area contributed by atoms with Gasteiger partial charge in [-0.15, -0.1) is 6.58 Å². The van der Waals surface area contributed by atoms with E-state index in [1.807, 2.05) is 30.3 Å². The molecule has 8 heteroatoms. The molecular weight excluding hydrogens is 452 g/mol. The van der Waals surface area contributed by atoms with E-state index in [2.05, 4.69) is 6.58 Å². The van der Waals surface area contributed by atoms with Crippen molar-refractivity contribution in [3.63, 3.8) is 0 Å². The molecular formula is C27H34O8. The zero-order valence-corrected chi connectivity index (χ0v) is 20.8. The molecule has 2 rings (SSSR count). The van der Waals surface area contributed by atoms with Crippen LogP contribution in [-0.4, -0.2) is 54.2 Å². The second-order valence-electron chi connectivity index (χ2n) is 8.58. The van der Waals surface area contributed by atoms with Crippen LogP contribution in [0.25, 0.3) is 6.08 Å². The molecule has 0 aromatic heterocycles. The van der Waals surface area contributed by atoms with Crippen molar-refractivity contribution >= 4 is 24.0 Å². The van der Waals surface area contributed by atoms with Crippen LogP contribution in [0.3, 0.4) is 0 Å². The maximum Gasteiger partial charge on any atom is 0.331 e. The highest BCUT2D eigenvalue weighted by molar-refractivity contribution is 5.87. The molecule has 1 fully saturated rings. The largest absolute Gasteiger partial charge is 0.459 e. The summed E-state index contributed by atoms with van der Waals surface area (Å²) in [6.07, 6.45) is 4.71. The van der Waals surface area contributed by atoms with Gasteiger partial charge in [-0.05, 0) is 38.5 Å². The lowest BCUT2D eigenvalue weighted by Crippen LogP contribution is -2.38. The van der Waals surface area contributed by atoms with E-state index in [-0.39, 0.29) is 0 Å². The summed E-state index contributed by atoms with van der Waals surface area (Å²) in [5.41, 5.74) is 0.866. The summed E-state index contributed by atoms with van der Waals surface area (Å²) < 4.78 is 28.2. The van der Waals surface area contributed by atoms with E-state index in [0.717, 1.165) is 5.56 Å². The van der Waals surface area contributed by atoms with Crippen molar-refractivity contribution in [3.05, 3.63) is 66.8 Å². The maximum absolute atomic E-state index is 12.5. The molecule has 0 N–H and O–H groups in total. The van der Waals surface area contributed by atoms with Gasteiger partial charge in [-0.25, -0.2) is 4.79 Å². The zero-order chi connectivity index (χ0) is 26.0. The molecule has 0 radical (unpaired) electrons. The second-order valence-corrected chi connectivity index (χ2v) is 8.58. The highest BCUT2D eigenvalue weighted by Gasteiger charge is 2.45. The first-order chi connectivity index (χ1) is 16.5. The number of carbonyl (C=O) groups is 3. The van der Waals surface area contributed by atoms with Crippen molar-refractivity contribution in [1.29, 1.82) is 0 Å². The molecule has 1 saturated heterocycles. The summed E-state index contributed by atoms with van der Waals surface area (Å²) in [7, 11) is 0. The van der Waals surface area contributed by atoms with Gasteiger partial charge in [0.2, 0.25) is 0 Å². The summed E-state index contributed by atoms with van der Waals surface area (Å²) >= 11 is 0. The lowest BCUT2D eigenvalue weighted by Gasteiger charge is -2.25. The first-order valence-corrected chi connectivity index (χ1v) is 11.4. The number of carbonyl (C=O) groups excluding carboxylic acids is 3. The first-order valence-electron chi connectivity index (χ1n) is 11.4. The van der Waals surface area contributed by atoms with Crippen LogP contribution in [0.1, 0.15) is 46.6 Å². The van der Waals surface area contributed by atoms with Gasteiger partial charge in [-0.2, -0.15) is 0 Å². The first kappa shape index (κ1) is 28.0. The fraction of sp³-hybridized carbons (Fsp3) is 0.444. The van der Waals surface area contributed by atoms with Crippen molar-refractivity contribution in [2.75, 3.05) is 0 Å². The second kappa shape index (κ2) is 13.0. The highest BCUT2D eigenvalue weighted by atomic mass is 16.8. The number of hydrogen-bond acceptors (Lipinski definition) is 8. The molecule has 1 aromatic rings. The molecule has 5 atom stereocenters. The molecule has 1 aliphatic rings. The van der Waals surface area contributed by atoms with E-state index in [0.29, 0.717) is 6.42 Å². The summed E-state index contributed by atoms with van der Waals surface area (Å²) in [6, 6.07) is 9.39. The number of hydrogen-bond donors (Lipinski definition) is 0. The minimum atomic E-state index is -0.955. The van der Waals surface area contributed by atoms with E-state index < -0.39 is 54.2 Å². The van der Waals surface area contributed by atoms with Gasteiger partial charge in [0.25, 0.3) is 0 Å². The third-order valence-electron chi connectivity index (χ3n) is 5.01. The molecule has 0 unspecified atom stereocenters. The highest BCUT2D eigenvalue weighted by Crippen LogP contribution is 2.33. The van der Waals surface area contributed by atoms with Crippen molar-refractivity contribution in [2.24, 2.45) is 0 Å². The maximum atomic E-state index is 12.5. The topological polar surface area (TPSA) is 97.4 Å². The van der Waals surface area contributed by atoms with Crippen LogP contribution in [0, 0.1) is 0 Å². The van der Waals surface area contributed by atoms with Crippen LogP contribution in [-0.2, 0) is 38.1 Å². The van der Waals surface area contributed by atoms with Gasteiger partial charge in [0.05, 0.1) is 0 Å². The van der Waals surface area contributed by atoms with E-state index in [4.69, 9.17) is 23.7 Å². The number of benzene rings is 1. The van der Waals surface area contributed by atoms with Crippen molar-refractivity contribution < 1.29 is 38.1 Å². The average Bonchev–Trinajstić information content (AvgIpc) is 3.09. The third kappa shape index (κ3) is 9.50. The number of rotatable bonds is 11. The Morgan fingerprint density at radius 1 is 1.06 bits per heavy atom. The minimum Gasteiger partial charge on any atom is -0.459 e. The molecule has 1 heterocycles. The van der Waals surface area contributed by atoms with Crippen LogP contribution < -0.4 is 0 Å². The fourth-order valence-electron chi connectivity index (χ4n) is 3.62. The van der Waals surface area contributed by atoms with Gasteiger partial charge < -0.3 is 23.7 Å². The fourth-order valence-corrected chi connectivity index (χ4v) is 3.62. The van der Waals surface area contributed by atoms with E-state index in [1.165, 1.54) is 19.9 Å². The molecule has 0 bridgehead atoms. The summed E-state index contributed by atoms with van der Waals surface area (Å²) in [5, 5.41) is 0. The molecule has 1 aliphatic heterocycles. The Hall–Kier alpha value is -3.23. The Kier molecular flexibility index (Phi) is 10.4. The van der Waals surface area contributed by atoms with Crippen LogP contribution in [0.15, 0.2) is 61.2 Å². The van der Waals surface area contributed by atoms with E-state index >= 15 is 0 Å². The third-order valence-corrected chi connectivity index (χ3v) is 5.01. The van der Waals surface area contributed by atoms with Crippen LogP contribution >= 0.6 is 0 Å². The molecule has 190 valence electrons. The summed E-state index contributed by atoms with van der Waals surface area (Å²) in [4.78, 5) is 35.5. The minimum absolute atomic E-state index is 0.330. The quantitative estimate of drug-likeness (QED) is 0.199. The van der Waals surface area contributed by atoms with Gasteiger partial charge in [-0.1, -0.05) is 42.5 Å². The smallest absolute Gasteiger partial charge is 0.331 e. The van der Waals surface area contributed by atoms with Gasteiger partial charge >= 0.3 is 17.9 Å². The SMILES string of the molecule is C=CC[C@@H](OC(=O)/C=C/c1ccccc1)[C@@H]1OC(C)(C)O[C@H]1/C=C/[C@H](OC(C)=O)[C@H](C)OC(C)=O. The van der Waals surface area contributed by atoms with Gasteiger partial charge in [-0.3, -0.25) is 9.59 Å². The van der Waals surface area contributed by atoms with Gasteiger partial charge in [0, 0.05) is 26.3 Å². The van der Waals surface area contributed by atoms with E-state index in [9.17, 15) is 14.4 Å². The van der Waals surface area contributed by atoms with Crippen LogP contribution in [0.5, 0.6) is 0 Å². The van der Waals surface area contributed by atoms with Gasteiger partial charge in [0.15, 0.2) is 11.9 Å². The average molecular weight is 487 g/mol. The molecule has 1 aromatic carbocycles. The monoisotopic (exact) mass is 486 g/mol. The Labute approximate surface area is 206 Å². The van der Waals surface area contributed by atoms with Crippen molar-refractivity contribution in [3.8, 4) is 0 Å². The summed E-state index contributed by atoms with van der Waals surface area (Å²) in [5.74, 6) is -2.51. The van der Waals surface area contributed by atoms with Crippen LogP contribution in [0.2, 0.25) is 0 Å². The van der Waals surface area contributed by atoms with Crippen molar-refractivity contribution in [2.45, 2.75) is 77.3 Å². The predicted molar refractivity (Wildman–Crippen MR) is 130 cm³/mol. The molecule has 0 spiro atoms. The molecule has 0 aliphatic carbocycles. The van der Waals surface area contributed by atoms with Crippen LogP contribution in [0.4, 0.5) is 0 Å². The molecule has 35 heavy (non-hydrogen) atoms. The zero-order valence-electron chi connectivity index (χ0n) is 20.8. The Balaban J connectivity index is 2.20. The Bertz CT molecular complexity index is 934. The van der Waals surface area contributed by atoms with Crippen molar-refractivity contribution in [1.82, 2.24) is 0 Å². The molecule has 0 amide bonds. The van der Waals surface area contributed by atoms with Gasteiger partial charge in [0.1, 0.15) is 24.4 Å². The normalized spacial score (nSPS) is 21.9. The Morgan fingerprint density at radius 3 is 2.31 bits per heavy atom.